The third kappa shape index (κ3) is 10.3. The largest absolute Gasteiger partial charge is 0.490 e. The normalized spacial score (nSPS) is 18.9. The van der Waals surface area contributed by atoms with Gasteiger partial charge in [-0.3, -0.25) is 9.88 Å². The number of aromatic nitrogens is 1. The molecule has 9 nitrogen and oxygen atoms in total. The number of hydrogen-bond acceptors (Lipinski definition) is 7. The van der Waals surface area contributed by atoms with E-state index in [1.165, 1.54) is 0 Å². The molecule has 1 unspecified atom stereocenters. The van der Waals surface area contributed by atoms with Crippen molar-refractivity contribution in [1.29, 1.82) is 0 Å². The second-order valence-electron chi connectivity index (χ2n) is 8.54. The van der Waals surface area contributed by atoms with E-state index in [1.54, 1.807) is 0 Å². The number of likely N-dealkylation sites (tertiary alicyclic amines) is 1. The third-order valence-electron chi connectivity index (χ3n) is 5.32. The van der Waals surface area contributed by atoms with Gasteiger partial charge in [0.2, 0.25) is 0 Å². The highest BCUT2D eigenvalue weighted by Crippen LogP contribution is 2.36. The second kappa shape index (κ2) is 13.1. The molecule has 1 spiro atoms. The molecule has 0 bridgehead atoms. The number of carboxylic acids is 2. The van der Waals surface area contributed by atoms with Crippen molar-refractivity contribution in [3.63, 3.8) is 0 Å². The number of halogens is 6. The number of hydrogen-bond donors (Lipinski definition) is 2. The van der Waals surface area contributed by atoms with Gasteiger partial charge in [-0.15, -0.1) is 0 Å². The lowest BCUT2D eigenvalue weighted by molar-refractivity contribution is -0.201. The molecule has 4 heterocycles. The summed E-state index contributed by atoms with van der Waals surface area (Å²) in [4.78, 5) is 24.5. The summed E-state index contributed by atoms with van der Waals surface area (Å²) in [6.45, 7) is 6.11. The van der Waals surface area contributed by atoms with Crippen molar-refractivity contribution in [1.82, 2.24) is 9.88 Å². The van der Waals surface area contributed by atoms with Gasteiger partial charge < -0.3 is 24.1 Å². The van der Waals surface area contributed by atoms with Gasteiger partial charge in [-0.1, -0.05) is 6.07 Å². The Hall–Kier alpha value is -3.17. The molecule has 4 rings (SSSR count). The predicted octanol–water partition coefficient (Wildman–Crippen LogP) is 4.20. The van der Waals surface area contributed by atoms with Crippen LogP contribution in [-0.2, 0) is 32.2 Å². The zero-order valence-electron chi connectivity index (χ0n) is 20.1. The van der Waals surface area contributed by atoms with Gasteiger partial charge in [-0.05, 0) is 37.6 Å². The number of aryl methyl sites for hydroxylation is 1. The van der Waals surface area contributed by atoms with E-state index in [0.717, 1.165) is 56.3 Å². The van der Waals surface area contributed by atoms with Crippen LogP contribution in [0.3, 0.4) is 0 Å². The molecule has 0 aromatic carbocycles. The molecule has 2 aliphatic heterocycles. The maximum absolute atomic E-state index is 10.6. The molecule has 0 aliphatic carbocycles. The summed E-state index contributed by atoms with van der Waals surface area (Å²) in [7, 11) is 0. The number of nitrogens with zero attached hydrogens (tertiary/aromatic N) is 2. The number of rotatable bonds is 5. The summed E-state index contributed by atoms with van der Waals surface area (Å²) in [5, 5.41) is 14.2. The quantitative estimate of drug-likeness (QED) is 0.522. The number of pyridine rings is 1. The molecule has 0 saturated carbocycles. The zero-order valence-corrected chi connectivity index (χ0v) is 20.1. The number of ether oxygens (including phenoxy) is 2. The van der Waals surface area contributed by atoms with Crippen LogP contribution in [0.5, 0.6) is 0 Å². The SMILES string of the molecule is Cc1ccc(CN2CC3(CC(OCc4ccccn4)CCO3)C2)o1.O=C(O)C(F)(F)F.O=C(O)C(F)(F)F. The van der Waals surface area contributed by atoms with E-state index in [2.05, 4.69) is 16.0 Å². The van der Waals surface area contributed by atoms with E-state index < -0.39 is 24.3 Å². The second-order valence-corrected chi connectivity index (χ2v) is 8.54. The maximum Gasteiger partial charge on any atom is 0.490 e. The van der Waals surface area contributed by atoms with E-state index in [4.69, 9.17) is 33.7 Å². The van der Waals surface area contributed by atoms with Crippen LogP contribution in [0.4, 0.5) is 26.3 Å². The molecule has 2 saturated heterocycles. The maximum atomic E-state index is 10.6. The third-order valence-corrected chi connectivity index (χ3v) is 5.32. The fourth-order valence-corrected chi connectivity index (χ4v) is 3.70. The minimum atomic E-state index is -5.08. The van der Waals surface area contributed by atoms with Crippen LogP contribution in [0, 0.1) is 6.92 Å². The molecule has 2 aliphatic rings. The average Bonchev–Trinajstić information content (AvgIpc) is 3.22. The highest BCUT2D eigenvalue weighted by atomic mass is 19.4. The van der Waals surface area contributed by atoms with Gasteiger partial charge in [0.15, 0.2) is 0 Å². The Morgan fingerprint density at radius 3 is 2.16 bits per heavy atom. The van der Waals surface area contributed by atoms with E-state index in [0.29, 0.717) is 6.61 Å². The highest BCUT2D eigenvalue weighted by Gasteiger charge is 2.48. The first-order valence-corrected chi connectivity index (χ1v) is 11.1. The fraction of sp³-hybridized carbons (Fsp3) is 0.522. The minimum absolute atomic E-state index is 0.0331. The molecular formula is C23H26F6N2O7. The van der Waals surface area contributed by atoms with Gasteiger partial charge in [-0.2, -0.15) is 26.3 Å². The van der Waals surface area contributed by atoms with Gasteiger partial charge >= 0.3 is 24.3 Å². The topological polar surface area (TPSA) is 122 Å². The van der Waals surface area contributed by atoms with Crippen molar-refractivity contribution >= 4 is 11.9 Å². The van der Waals surface area contributed by atoms with Gasteiger partial charge in [-0.25, -0.2) is 9.59 Å². The standard InChI is InChI=1S/C19H24N2O3.2C2HF3O2/c1-15-5-6-18(24-15)11-21-13-19(14-21)10-17(7-9-23-19)22-12-16-4-2-3-8-20-16;2*3-2(4,5)1(6)7/h2-6,8,17H,7,9-14H2,1H3;2*(H,6,7). The molecule has 2 fully saturated rings. The Labute approximate surface area is 213 Å². The van der Waals surface area contributed by atoms with E-state index in [-0.39, 0.29) is 11.7 Å². The van der Waals surface area contributed by atoms with Gasteiger partial charge in [0.05, 0.1) is 30.6 Å². The predicted molar refractivity (Wildman–Crippen MR) is 117 cm³/mol. The number of carbonyl (C=O) groups is 2. The first-order chi connectivity index (χ1) is 17.6. The number of aliphatic carboxylic acids is 2. The van der Waals surface area contributed by atoms with Crippen LogP contribution in [0.15, 0.2) is 40.9 Å². The summed E-state index contributed by atoms with van der Waals surface area (Å²) in [6, 6.07) is 10.0. The van der Waals surface area contributed by atoms with E-state index >= 15 is 0 Å². The highest BCUT2D eigenvalue weighted by molar-refractivity contribution is 5.73. The number of carboxylic acid groups (broad SMARTS) is 2. The van der Waals surface area contributed by atoms with Gasteiger partial charge in [0, 0.05) is 32.3 Å². The number of furan rings is 1. The minimum Gasteiger partial charge on any atom is -0.475 e. The Balaban J connectivity index is 0.000000301. The summed E-state index contributed by atoms with van der Waals surface area (Å²) in [5.41, 5.74) is 0.954. The molecule has 15 heteroatoms. The van der Waals surface area contributed by atoms with Crippen molar-refractivity contribution in [3.05, 3.63) is 53.7 Å². The van der Waals surface area contributed by atoms with Crippen LogP contribution >= 0.6 is 0 Å². The molecule has 212 valence electrons. The fourth-order valence-electron chi connectivity index (χ4n) is 3.70. The molecule has 2 aromatic rings. The molecule has 38 heavy (non-hydrogen) atoms. The van der Waals surface area contributed by atoms with Crippen molar-refractivity contribution in [2.75, 3.05) is 19.7 Å². The lowest BCUT2D eigenvalue weighted by Gasteiger charge is -2.53. The Morgan fingerprint density at radius 2 is 1.68 bits per heavy atom. The Morgan fingerprint density at radius 1 is 1.08 bits per heavy atom. The van der Waals surface area contributed by atoms with Gasteiger partial charge in [0.1, 0.15) is 11.5 Å². The molecule has 1 atom stereocenters. The summed E-state index contributed by atoms with van der Waals surface area (Å²) in [6.07, 6.45) is -6.17. The lowest BCUT2D eigenvalue weighted by Crippen LogP contribution is -2.65. The van der Waals surface area contributed by atoms with Crippen molar-refractivity contribution in [2.45, 2.75) is 57.0 Å². The van der Waals surface area contributed by atoms with Crippen LogP contribution in [0.2, 0.25) is 0 Å². The molecular weight excluding hydrogens is 530 g/mol. The molecule has 2 N–H and O–H groups in total. The first kappa shape index (κ1) is 31.1. The molecule has 0 radical (unpaired) electrons. The summed E-state index contributed by atoms with van der Waals surface area (Å²) >= 11 is 0. The molecule has 0 amide bonds. The summed E-state index contributed by atoms with van der Waals surface area (Å²) < 4.78 is 81.3. The lowest BCUT2D eigenvalue weighted by atomic mass is 9.84. The van der Waals surface area contributed by atoms with Crippen molar-refractivity contribution < 1.29 is 60.0 Å². The van der Waals surface area contributed by atoms with Crippen LogP contribution < -0.4 is 0 Å². The zero-order chi connectivity index (χ0) is 28.6. The van der Waals surface area contributed by atoms with Crippen LogP contribution in [0.25, 0.3) is 0 Å². The Bertz CT molecular complexity index is 1010. The van der Waals surface area contributed by atoms with Crippen molar-refractivity contribution in [2.24, 2.45) is 0 Å². The average molecular weight is 556 g/mol. The number of alkyl halides is 6. The molecule has 2 aromatic heterocycles. The van der Waals surface area contributed by atoms with E-state index in [1.807, 2.05) is 37.4 Å². The first-order valence-electron chi connectivity index (χ1n) is 11.1. The van der Waals surface area contributed by atoms with E-state index in [9.17, 15) is 26.3 Å². The van der Waals surface area contributed by atoms with Gasteiger partial charge in [0.25, 0.3) is 0 Å². The monoisotopic (exact) mass is 556 g/mol. The smallest absolute Gasteiger partial charge is 0.475 e. The summed E-state index contributed by atoms with van der Waals surface area (Å²) in [5.74, 6) is -3.52. The van der Waals surface area contributed by atoms with Crippen LogP contribution in [0.1, 0.15) is 30.1 Å². The Kier molecular flexibility index (Phi) is 10.7. The van der Waals surface area contributed by atoms with Crippen molar-refractivity contribution in [3.8, 4) is 0 Å². The van der Waals surface area contributed by atoms with Crippen LogP contribution in [-0.4, -0.2) is 75.8 Å².